The fraction of sp³-hybridized carbons (Fsp3) is 0.143. The zero-order chi connectivity index (χ0) is 14.4. The lowest BCUT2D eigenvalue weighted by molar-refractivity contribution is -0.136. The summed E-state index contributed by atoms with van der Waals surface area (Å²) in [5, 5.41) is 16.5. The Morgan fingerprint density at radius 3 is 2.50 bits per heavy atom. The molecule has 0 spiro atoms. The van der Waals surface area contributed by atoms with Crippen molar-refractivity contribution in [1.82, 2.24) is 5.32 Å². The van der Waals surface area contributed by atoms with E-state index in [1.165, 1.54) is 11.3 Å². The summed E-state index contributed by atoms with van der Waals surface area (Å²) in [7, 11) is 0. The van der Waals surface area contributed by atoms with Crippen LogP contribution in [0.15, 0.2) is 47.8 Å². The third-order valence-electron chi connectivity index (χ3n) is 2.57. The quantitative estimate of drug-likeness (QED) is 0.747. The molecule has 0 aliphatic rings. The Hall–Kier alpha value is -2.18. The molecule has 2 rings (SSSR count). The first kappa shape index (κ1) is 14.2. The number of aliphatic hydroxyl groups is 1. The first-order valence-corrected chi connectivity index (χ1v) is 6.90. The molecule has 6 heteroatoms. The molecule has 1 aromatic carbocycles. The molecule has 104 valence electrons. The molecule has 1 heterocycles. The van der Waals surface area contributed by atoms with Crippen molar-refractivity contribution in [3.8, 4) is 0 Å². The van der Waals surface area contributed by atoms with E-state index < -0.39 is 17.9 Å². The zero-order valence-corrected chi connectivity index (χ0v) is 11.4. The summed E-state index contributed by atoms with van der Waals surface area (Å²) < 4.78 is 0. The van der Waals surface area contributed by atoms with Crippen LogP contribution in [-0.2, 0) is 9.59 Å². The van der Waals surface area contributed by atoms with Gasteiger partial charge in [-0.2, -0.15) is 0 Å². The number of anilines is 1. The van der Waals surface area contributed by atoms with Crippen LogP contribution in [0.1, 0.15) is 11.0 Å². The minimum Gasteiger partial charge on any atom is -0.386 e. The number of amides is 2. The molecular weight excluding hydrogens is 276 g/mol. The Labute approximate surface area is 120 Å². The fourth-order valence-electron chi connectivity index (χ4n) is 1.56. The summed E-state index contributed by atoms with van der Waals surface area (Å²) in [5.41, 5.74) is 0.548. The van der Waals surface area contributed by atoms with Gasteiger partial charge in [-0.05, 0) is 23.6 Å². The summed E-state index contributed by atoms with van der Waals surface area (Å²) in [6, 6.07) is 12.3. The number of hydrogen-bond acceptors (Lipinski definition) is 4. The molecule has 0 saturated carbocycles. The van der Waals surface area contributed by atoms with E-state index in [-0.39, 0.29) is 6.54 Å². The Morgan fingerprint density at radius 2 is 1.85 bits per heavy atom. The Balaban J connectivity index is 1.81. The molecule has 1 aromatic heterocycles. The highest BCUT2D eigenvalue weighted by Gasteiger charge is 2.16. The number of nitrogens with one attached hydrogen (secondary N) is 2. The van der Waals surface area contributed by atoms with Gasteiger partial charge in [-0.15, -0.1) is 11.3 Å². The average Bonchev–Trinajstić information content (AvgIpc) is 2.99. The van der Waals surface area contributed by atoms with E-state index in [4.69, 9.17) is 0 Å². The molecule has 0 aliphatic carbocycles. The number of benzene rings is 1. The zero-order valence-electron chi connectivity index (χ0n) is 10.6. The molecule has 20 heavy (non-hydrogen) atoms. The summed E-state index contributed by atoms with van der Waals surface area (Å²) in [5.74, 6) is -1.53. The van der Waals surface area contributed by atoms with Crippen molar-refractivity contribution in [2.24, 2.45) is 0 Å². The molecular formula is C14H14N2O3S. The monoisotopic (exact) mass is 290 g/mol. The first-order valence-electron chi connectivity index (χ1n) is 6.02. The van der Waals surface area contributed by atoms with E-state index in [1.807, 2.05) is 17.5 Å². The Bertz CT molecular complexity index is 569. The topological polar surface area (TPSA) is 78.4 Å². The second-order valence-electron chi connectivity index (χ2n) is 4.06. The Morgan fingerprint density at radius 1 is 1.10 bits per heavy atom. The van der Waals surface area contributed by atoms with Crippen LogP contribution < -0.4 is 10.6 Å². The van der Waals surface area contributed by atoms with Crippen molar-refractivity contribution in [2.45, 2.75) is 6.10 Å². The average molecular weight is 290 g/mol. The van der Waals surface area contributed by atoms with Gasteiger partial charge in [0.2, 0.25) is 0 Å². The van der Waals surface area contributed by atoms with Gasteiger partial charge in [-0.3, -0.25) is 9.59 Å². The maximum absolute atomic E-state index is 11.6. The van der Waals surface area contributed by atoms with Crippen LogP contribution in [0, 0.1) is 0 Å². The lowest BCUT2D eigenvalue weighted by atomic mass is 10.3. The SMILES string of the molecule is O=C(NCC(O)c1cccs1)C(=O)Nc1ccccc1. The molecule has 0 bridgehead atoms. The molecule has 2 aromatic rings. The first-order chi connectivity index (χ1) is 9.66. The highest BCUT2D eigenvalue weighted by atomic mass is 32.1. The predicted molar refractivity (Wildman–Crippen MR) is 77.4 cm³/mol. The van der Waals surface area contributed by atoms with Gasteiger partial charge < -0.3 is 15.7 Å². The van der Waals surface area contributed by atoms with Gasteiger partial charge in [0.05, 0.1) is 0 Å². The van der Waals surface area contributed by atoms with Crippen LogP contribution in [0.4, 0.5) is 5.69 Å². The molecule has 0 fully saturated rings. The van der Waals surface area contributed by atoms with Crippen molar-refractivity contribution in [3.63, 3.8) is 0 Å². The highest BCUT2D eigenvalue weighted by Crippen LogP contribution is 2.17. The number of rotatable bonds is 4. The van der Waals surface area contributed by atoms with Crippen LogP contribution in [0.5, 0.6) is 0 Å². The normalized spacial score (nSPS) is 11.7. The van der Waals surface area contributed by atoms with Gasteiger partial charge in [-0.25, -0.2) is 0 Å². The predicted octanol–water partition coefficient (Wildman–Crippen LogP) is 1.54. The smallest absolute Gasteiger partial charge is 0.313 e. The second kappa shape index (κ2) is 6.83. The maximum atomic E-state index is 11.6. The van der Waals surface area contributed by atoms with E-state index in [0.29, 0.717) is 5.69 Å². The minimum absolute atomic E-state index is 0.00154. The van der Waals surface area contributed by atoms with Gasteiger partial charge >= 0.3 is 11.8 Å². The van der Waals surface area contributed by atoms with Crippen LogP contribution in [-0.4, -0.2) is 23.5 Å². The molecule has 1 atom stereocenters. The van der Waals surface area contributed by atoms with Crippen LogP contribution >= 0.6 is 11.3 Å². The molecule has 0 saturated heterocycles. The maximum Gasteiger partial charge on any atom is 0.313 e. The number of carbonyl (C=O) groups excluding carboxylic acids is 2. The van der Waals surface area contributed by atoms with E-state index in [9.17, 15) is 14.7 Å². The van der Waals surface area contributed by atoms with Gasteiger partial charge in [0.15, 0.2) is 0 Å². The van der Waals surface area contributed by atoms with Gasteiger partial charge in [-0.1, -0.05) is 24.3 Å². The van der Waals surface area contributed by atoms with Crippen LogP contribution in [0.3, 0.4) is 0 Å². The largest absolute Gasteiger partial charge is 0.386 e. The van der Waals surface area contributed by atoms with E-state index in [1.54, 1.807) is 30.3 Å². The van der Waals surface area contributed by atoms with Crippen molar-refractivity contribution in [2.75, 3.05) is 11.9 Å². The molecule has 0 radical (unpaired) electrons. The lowest BCUT2D eigenvalue weighted by Crippen LogP contribution is -2.37. The lowest BCUT2D eigenvalue weighted by Gasteiger charge is -2.10. The third-order valence-corrected chi connectivity index (χ3v) is 3.54. The molecule has 0 aliphatic heterocycles. The molecule has 5 nitrogen and oxygen atoms in total. The molecule has 3 N–H and O–H groups in total. The van der Waals surface area contributed by atoms with Gasteiger partial charge in [0.25, 0.3) is 0 Å². The third kappa shape index (κ3) is 3.91. The van der Waals surface area contributed by atoms with Crippen molar-refractivity contribution >= 4 is 28.8 Å². The number of hydrogen-bond donors (Lipinski definition) is 3. The Kier molecular flexibility index (Phi) is 4.86. The van der Waals surface area contributed by atoms with Crippen LogP contribution in [0.25, 0.3) is 0 Å². The van der Waals surface area contributed by atoms with Gasteiger partial charge in [0, 0.05) is 17.1 Å². The summed E-state index contributed by atoms with van der Waals surface area (Å²) >= 11 is 1.39. The van der Waals surface area contributed by atoms with E-state index >= 15 is 0 Å². The highest BCUT2D eigenvalue weighted by molar-refractivity contribution is 7.10. The summed E-state index contributed by atoms with van der Waals surface area (Å²) in [6.07, 6.45) is -0.802. The molecule has 2 amide bonds. The van der Waals surface area contributed by atoms with Crippen molar-refractivity contribution < 1.29 is 14.7 Å². The second-order valence-corrected chi connectivity index (χ2v) is 5.04. The van der Waals surface area contributed by atoms with Gasteiger partial charge in [0.1, 0.15) is 6.10 Å². The number of thiophene rings is 1. The van der Waals surface area contributed by atoms with Crippen molar-refractivity contribution in [3.05, 3.63) is 52.7 Å². The number of aliphatic hydroxyl groups excluding tert-OH is 1. The standard InChI is InChI=1S/C14H14N2O3S/c17-11(12-7-4-8-20-12)9-15-13(18)14(19)16-10-5-2-1-3-6-10/h1-8,11,17H,9H2,(H,15,18)(H,16,19). The summed E-state index contributed by atoms with van der Waals surface area (Å²) in [6.45, 7) is 0.00154. The summed E-state index contributed by atoms with van der Waals surface area (Å²) in [4.78, 5) is 23.9. The number of para-hydroxylation sites is 1. The minimum atomic E-state index is -0.802. The molecule has 1 unspecified atom stereocenters. The van der Waals surface area contributed by atoms with E-state index in [0.717, 1.165) is 4.88 Å². The van der Waals surface area contributed by atoms with E-state index in [2.05, 4.69) is 10.6 Å². The van der Waals surface area contributed by atoms with Crippen LogP contribution in [0.2, 0.25) is 0 Å². The fourth-order valence-corrected chi connectivity index (χ4v) is 2.27. The number of carbonyl (C=O) groups is 2. The van der Waals surface area contributed by atoms with Crippen molar-refractivity contribution in [1.29, 1.82) is 0 Å².